The Labute approximate surface area is 81.0 Å². The first kappa shape index (κ1) is 10.2. The van der Waals surface area contributed by atoms with Gasteiger partial charge in [-0.2, -0.15) is 0 Å². The summed E-state index contributed by atoms with van der Waals surface area (Å²) in [6.45, 7) is 2.54. The lowest BCUT2D eigenvalue weighted by Gasteiger charge is -2.08. The van der Waals surface area contributed by atoms with Crippen LogP contribution < -0.4 is 10.5 Å². The van der Waals surface area contributed by atoms with Gasteiger partial charge in [-0.3, -0.25) is 4.79 Å². The zero-order chi connectivity index (χ0) is 10.6. The van der Waals surface area contributed by atoms with Gasteiger partial charge < -0.3 is 10.5 Å². The highest BCUT2D eigenvalue weighted by molar-refractivity contribution is 6.18. The van der Waals surface area contributed by atoms with Crippen LogP contribution in [0.5, 0.6) is 5.75 Å². The second-order valence-electron chi connectivity index (χ2n) is 2.59. The van der Waals surface area contributed by atoms with Crippen LogP contribution in [-0.4, -0.2) is 12.8 Å². The Kier molecular flexibility index (Phi) is 3.23. The monoisotopic (exact) mass is 195 g/mol. The number of nitrogens with two attached hydrogens (primary N) is 1. The molecule has 0 aromatic heterocycles. The van der Waals surface area contributed by atoms with Gasteiger partial charge in [0, 0.05) is 11.1 Å². The number of rotatable bonds is 4. The SMILES string of the molecule is C=C(C(N)=O)c1ccccc1OCF. The summed E-state index contributed by atoms with van der Waals surface area (Å²) in [4.78, 5) is 10.8. The number of ether oxygens (including phenoxy) is 1. The van der Waals surface area contributed by atoms with E-state index in [1.54, 1.807) is 24.3 Å². The van der Waals surface area contributed by atoms with Crippen LogP contribution in [0.4, 0.5) is 4.39 Å². The van der Waals surface area contributed by atoms with Crippen molar-refractivity contribution in [3.05, 3.63) is 36.4 Å². The number of hydrogen-bond donors (Lipinski definition) is 1. The third-order valence-electron chi connectivity index (χ3n) is 1.72. The molecule has 0 bridgehead atoms. The molecule has 0 saturated carbocycles. The van der Waals surface area contributed by atoms with Crippen molar-refractivity contribution in [1.29, 1.82) is 0 Å². The van der Waals surface area contributed by atoms with Gasteiger partial charge in [-0.1, -0.05) is 24.8 Å². The molecule has 0 aliphatic rings. The second kappa shape index (κ2) is 4.41. The number of carbonyl (C=O) groups excluding carboxylic acids is 1. The zero-order valence-electron chi connectivity index (χ0n) is 7.50. The predicted molar refractivity (Wildman–Crippen MR) is 51.3 cm³/mol. The average molecular weight is 195 g/mol. The van der Waals surface area contributed by atoms with Crippen LogP contribution in [0.2, 0.25) is 0 Å². The summed E-state index contributed by atoms with van der Waals surface area (Å²) in [5, 5.41) is 0. The molecule has 0 aliphatic heterocycles. The molecule has 0 saturated heterocycles. The van der Waals surface area contributed by atoms with Gasteiger partial charge in [-0.15, -0.1) is 0 Å². The van der Waals surface area contributed by atoms with Crippen molar-refractivity contribution < 1.29 is 13.9 Å². The first-order valence-corrected chi connectivity index (χ1v) is 3.93. The van der Waals surface area contributed by atoms with Gasteiger partial charge in [0.25, 0.3) is 0 Å². The molecule has 4 heteroatoms. The van der Waals surface area contributed by atoms with Gasteiger partial charge in [0.15, 0.2) is 0 Å². The molecule has 0 atom stereocenters. The quantitative estimate of drug-likeness (QED) is 0.740. The van der Waals surface area contributed by atoms with Crippen molar-refractivity contribution in [3.8, 4) is 5.75 Å². The summed E-state index contributed by atoms with van der Waals surface area (Å²) >= 11 is 0. The molecule has 0 heterocycles. The number of halogens is 1. The summed E-state index contributed by atoms with van der Waals surface area (Å²) in [6.07, 6.45) is 0. The Bertz CT molecular complexity index is 363. The Balaban J connectivity index is 3.06. The van der Waals surface area contributed by atoms with Gasteiger partial charge in [-0.25, -0.2) is 4.39 Å². The number of para-hydroxylation sites is 1. The minimum absolute atomic E-state index is 0.106. The highest BCUT2D eigenvalue weighted by Gasteiger charge is 2.10. The van der Waals surface area contributed by atoms with Crippen molar-refractivity contribution in [2.75, 3.05) is 6.86 Å². The number of alkyl halides is 1. The van der Waals surface area contributed by atoms with Crippen LogP contribution in [0.25, 0.3) is 5.57 Å². The molecule has 74 valence electrons. The Morgan fingerprint density at radius 1 is 1.50 bits per heavy atom. The van der Waals surface area contributed by atoms with E-state index >= 15 is 0 Å². The van der Waals surface area contributed by atoms with Gasteiger partial charge in [0.05, 0.1) is 0 Å². The molecule has 0 aliphatic carbocycles. The predicted octanol–water partition coefficient (Wildman–Crippen LogP) is 1.49. The fraction of sp³-hybridized carbons (Fsp3) is 0.100. The van der Waals surface area contributed by atoms with E-state index in [0.29, 0.717) is 5.56 Å². The first-order valence-electron chi connectivity index (χ1n) is 3.93. The Morgan fingerprint density at radius 3 is 2.71 bits per heavy atom. The first-order chi connectivity index (χ1) is 6.66. The second-order valence-corrected chi connectivity index (χ2v) is 2.59. The topological polar surface area (TPSA) is 52.3 Å². The third kappa shape index (κ3) is 2.10. The lowest BCUT2D eigenvalue weighted by molar-refractivity contribution is -0.112. The summed E-state index contributed by atoms with van der Waals surface area (Å²) in [5.74, 6) is -0.390. The molecule has 0 unspecified atom stereocenters. The van der Waals surface area contributed by atoms with Crippen LogP contribution in [-0.2, 0) is 4.79 Å². The van der Waals surface area contributed by atoms with Gasteiger partial charge >= 0.3 is 0 Å². The summed E-state index contributed by atoms with van der Waals surface area (Å²) in [6, 6.07) is 6.50. The van der Waals surface area contributed by atoms with E-state index < -0.39 is 12.8 Å². The molecule has 1 rings (SSSR count). The van der Waals surface area contributed by atoms with E-state index in [9.17, 15) is 9.18 Å². The van der Waals surface area contributed by atoms with E-state index in [2.05, 4.69) is 11.3 Å². The van der Waals surface area contributed by atoms with Crippen molar-refractivity contribution in [2.45, 2.75) is 0 Å². The largest absolute Gasteiger partial charge is 0.462 e. The van der Waals surface area contributed by atoms with Crippen LogP contribution in [0, 0.1) is 0 Å². The van der Waals surface area contributed by atoms with Crippen molar-refractivity contribution in [2.24, 2.45) is 5.73 Å². The minimum Gasteiger partial charge on any atom is -0.462 e. The minimum atomic E-state index is -0.955. The normalized spacial score (nSPS) is 9.50. The van der Waals surface area contributed by atoms with E-state index in [1.807, 2.05) is 0 Å². The highest BCUT2D eigenvalue weighted by atomic mass is 19.1. The molecular weight excluding hydrogens is 185 g/mol. The summed E-state index contributed by atoms with van der Waals surface area (Å²) in [5.41, 5.74) is 5.57. The molecule has 3 nitrogen and oxygen atoms in total. The number of benzene rings is 1. The smallest absolute Gasteiger partial charge is 0.248 e. The van der Waals surface area contributed by atoms with Crippen molar-refractivity contribution in [3.63, 3.8) is 0 Å². The highest BCUT2D eigenvalue weighted by Crippen LogP contribution is 2.24. The van der Waals surface area contributed by atoms with Crippen LogP contribution >= 0.6 is 0 Å². The maximum Gasteiger partial charge on any atom is 0.248 e. The molecule has 2 N–H and O–H groups in total. The fourth-order valence-electron chi connectivity index (χ4n) is 1.03. The molecule has 1 aromatic rings. The lowest BCUT2D eigenvalue weighted by Crippen LogP contribution is -2.12. The van der Waals surface area contributed by atoms with Crippen molar-refractivity contribution in [1.82, 2.24) is 0 Å². The van der Waals surface area contributed by atoms with E-state index in [1.165, 1.54) is 0 Å². The molecule has 1 aromatic carbocycles. The van der Waals surface area contributed by atoms with E-state index in [0.717, 1.165) is 0 Å². The standard InChI is InChI=1S/C10H10FNO2/c1-7(10(12)13)8-4-2-3-5-9(8)14-6-11/h2-5H,1,6H2,(H2,12,13). The molecule has 1 amide bonds. The Hall–Kier alpha value is -1.84. The number of amides is 1. The average Bonchev–Trinajstić information content (AvgIpc) is 2.18. The maximum absolute atomic E-state index is 12.0. The van der Waals surface area contributed by atoms with Crippen molar-refractivity contribution >= 4 is 11.5 Å². The van der Waals surface area contributed by atoms with Gasteiger partial charge in [0.2, 0.25) is 12.8 Å². The lowest BCUT2D eigenvalue weighted by atomic mass is 10.1. The number of primary amides is 1. The van der Waals surface area contributed by atoms with E-state index in [4.69, 9.17) is 5.73 Å². The van der Waals surface area contributed by atoms with E-state index in [-0.39, 0.29) is 11.3 Å². The third-order valence-corrected chi connectivity index (χ3v) is 1.72. The molecule has 14 heavy (non-hydrogen) atoms. The fourth-order valence-corrected chi connectivity index (χ4v) is 1.03. The van der Waals surface area contributed by atoms with Gasteiger partial charge in [0.1, 0.15) is 5.75 Å². The zero-order valence-corrected chi connectivity index (χ0v) is 7.50. The van der Waals surface area contributed by atoms with Crippen LogP contribution in [0.1, 0.15) is 5.56 Å². The van der Waals surface area contributed by atoms with Gasteiger partial charge in [-0.05, 0) is 6.07 Å². The number of carbonyl (C=O) groups is 1. The summed E-state index contributed by atoms with van der Waals surface area (Å²) < 4.78 is 16.6. The molecule has 0 fully saturated rings. The number of hydrogen-bond acceptors (Lipinski definition) is 2. The Morgan fingerprint density at radius 2 is 2.14 bits per heavy atom. The molecular formula is C10H10FNO2. The van der Waals surface area contributed by atoms with Crippen LogP contribution in [0.3, 0.4) is 0 Å². The maximum atomic E-state index is 12.0. The molecule has 0 spiro atoms. The van der Waals surface area contributed by atoms with Crippen LogP contribution in [0.15, 0.2) is 30.8 Å². The summed E-state index contributed by atoms with van der Waals surface area (Å²) in [7, 11) is 0. The molecule has 0 radical (unpaired) electrons.